The number of nitrogens with zero attached hydrogens (tertiary/aromatic N) is 1. The predicted molar refractivity (Wildman–Crippen MR) is 114 cm³/mol. The SMILES string of the molecule is O=[C](Oc1ccncc1)[Ge]([c]1ccccc1)([c]1ccccc1)[c]1ccccc1. The molecule has 136 valence electrons. The Hall–Kier alpha value is -3.18. The number of rotatable bonds is 5. The molecule has 3 aromatic carbocycles. The van der Waals surface area contributed by atoms with Gasteiger partial charge in [0.25, 0.3) is 0 Å². The van der Waals surface area contributed by atoms with E-state index in [0.717, 1.165) is 13.2 Å². The van der Waals surface area contributed by atoms with Gasteiger partial charge in [-0.05, 0) is 0 Å². The molecule has 0 amide bonds. The second-order valence-electron chi connectivity index (χ2n) is 6.42. The molecule has 0 aliphatic heterocycles. The van der Waals surface area contributed by atoms with Crippen LogP contribution in [-0.4, -0.2) is 23.1 Å². The van der Waals surface area contributed by atoms with Gasteiger partial charge in [0.05, 0.1) is 0 Å². The first kappa shape index (κ1) is 18.2. The third kappa shape index (κ3) is 3.37. The summed E-state index contributed by atoms with van der Waals surface area (Å²) >= 11 is -3.79. The van der Waals surface area contributed by atoms with Crippen LogP contribution >= 0.6 is 0 Å². The molecule has 4 aromatic rings. The Kier molecular flexibility index (Phi) is 5.35. The van der Waals surface area contributed by atoms with Crippen molar-refractivity contribution in [3.05, 3.63) is 116 Å². The van der Waals surface area contributed by atoms with Gasteiger partial charge in [-0.25, -0.2) is 0 Å². The molecule has 1 heterocycles. The summed E-state index contributed by atoms with van der Waals surface area (Å²) in [6.45, 7) is 0. The van der Waals surface area contributed by atoms with Gasteiger partial charge in [0, 0.05) is 0 Å². The van der Waals surface area contributed by atoms with Crippen LogP contribution < -0.4 is 17.9 Å². The molecule has 0 spiro atoms. The van der Waals surface area contributed by atoms with E-state index in [4.69, 9.17) is 4.74 Å². The van der Waals surface area contributed by atoms with E-state index in [1.165, 1.54) is 0 Å². The average molecular weight is 426 g/mol. The van der Waals surface area contributed by atoms with Crippen LogP contribution in [0.25, 0.3) is 0 Å². The zero-order valence-electron chi connectivity index (χ0n) is 15.2. The van der Waals surface area contributed by atoms with Crippen molar-refractivity contribution in [3.8, 4) is 5.75 Å². The summed E-state index contributed by atoms with van der Waals surface area (Å²) in [6.07, 6.45) is 3.26. The fraction of sp³-hybridized carbons (Fsp3) is 0. The number of hydrogen-bond acceptors (Lipinski definition) is 3. The number of pyridine rings is 1. The zero-order valence-corrected chi connectivity index (χ0v) is 17.3. The van der Waals surface area contributed by atoms with E-state index < -0.39 is 13.3 Å². The predicted octanol–water partition coefficient (Wildman–Crippen LogP) is 3.33. The summed E-state index contributed by atoms with van der Waals surface area (Å²) in [5.74, 6) is 0.512. The standard InChI is InChI=1S/C24H19GeNO2/c27-24(28-23-16-18-26-19-17-23)25(20-10-4-1-5-11-20,21-12-6-2-7-13-21)22-14-8-3-9-15-22/h1-19H. The molecule has 0 fully saturated rings. The Morgan fingerprint density at radius 2 is 1.00 bits per heavy atom. The molecule has 0 saturated heterocycles. The molecule has 3 nitrogen and oxygen atoms in total. The summed E-state index contributed by atoms with van der Waals surface area (Å²) in [5, 5.41) is 0. The second-order valence-corrected chi connectivity index (χ2v) is 14.1. The van der Waals surface area contributed by atoms with Crippen LogP contribution in [0.15, 0.2) is 116 Å². The first-order valence-corrected chi connectivity index (χ1v) is 13.3. The van der Waals surface area contributed by atoms with E-state index in [2.05, 4.69) is 4.98 Å². The third-order valence-corrected chi connectivity index (χ3v) is 13.8. The van der Waals surface area contributed by atoms with Crippen LogP contribution in [0.4, 0.5) is 4.79 Å². The average Bonchev–Trinajstić information content (AvgIpc) is 2.77. The van der Waals surface area contributed by atoms with E-state index in [1.54, 1.807) is 24.5 Å². The third-order valence-electron chi connectivity index (χ3n) is 4.79. The molecule has 0 atom stereocenters. The van der Waals surface area contributed by atoms with Crippen molar-refractivity contribution in [2.75, 3.05) is 0 Å². The number of benzene rings is 3. The normalized spacial score (nSPS) is 11.0. The van der Waals surface area contributed by atoms with Crippen LogP contribution in [0, 0.1) is 0 Å². The molecule has 28 heavy (non-hydrogen) atoms. The summed E-state index contributed by atoms with van der Waals surface area (Å²) in [4.78, 5) is 17.7. The molecule has 0 aliphatic rings. The maximum atomic E-state index is 13.9. The summed E-state index contributed by atoms with van der Waals surface area (Å²) in [7, 11) is 0. The molecular formula is C24H19GeNO2. The van der Waals surface area contributed by atoms with Crippen molar-refractivity contribution in [1.29, 1.82) is 0 Å². The molecule has 0 saturated carbocycles. The molecule has 4 heteroatoms. The van der Waals surface area contributed by atoms with Crippen LogP contribution in [0.5, 0.6) is 5.75 Å². The molecular weight excluding hydrogens is 407 g/mol. The first-order chi connectivity index (χ1) is 13.8. The van der Waals surface area contributed by atoms with Gasteiger partial charge < -0.3 is 0 Å². The van der Waals surface area contributed by atoms with Crippen molar-refractivity contribution in [3.63, 3.8) is 0 Å². The Morgan fingerprint density at radius 1 is 0.607 bits per heavy atom. The van der Waals surface area contributed by atoms with Gasteiger partial charge in [-0.3, -0.25) is 0 Å². The van der Waals surface area contributed by atoms with Gasteiger partial charge in [-0.15, -0.1) is 0 Å². The van der Waals surface area contributed by atoms with Crippen LogP contribution in [0.2, 0.25) is 0 Å². The van der Waals surface area contributed by atoms with E-state index in [1.807, 2.05) is 91.0 Å². The monoisotopic (exact) mass is 427 g/mol. The second kappa shape index (κ2) is 8.23. The summed E-state index contributed by atoms with van der Waals surface area (Å²) in [6, 6.07) is 33.6. The van der Waals surface area contributed by atoms with E-state index in [-0.39, 0.29) is 4.80 Å². The summed E-state index contributed by atoms with van der Waals surface area (Å²) in [5.41, 5.74) is 0. The van der Waals surface area contributed by atoms with Gasteiger partial charge in [0.15, 0.2) is 0 Å². The Labute approximate surface area is 167 Å². The van der Waals surface area contributed by atoms with Crippen molar-refractivity contribution in [1.82, 2.24) is 4.98 Å². The number of ether oxygens (including phenoxy) is 1. The van der Waals surface area contributed by atoms with Crippen molar-refractivity contribution < 1.29 is 9.53 Å². The van der Waals surface area contributed by atoms with Gasteiger partial charge in [0.2, 0.25) is 0 Å². The fourth-order valence-electron chi connectivity index (χ4n) is 3.51. The molecule has 0 aliphatic carbocycles. The zero-order chi connectivity index (χ0) is 19.2. The molecule has 0 N–H and O–H groups in total. The Morgan fingerprint density at radius 3 is 1.39 bits per heavy atom. The minimum absolute atomic E-state index is 0.171. The quantitative estimate of drug-likeness (QED) is 0.460. The molecule has 4 rings (SSSR count). The van der Waals surface area contributed by atoms with Crippen LogP contribution in [-0.2, 0) is 0 Å². The number of hydrogen-bond donors (Lipinski definition) is 0. The van der Waals surface area contributed by atoms with Crippen LogP contribution in [0.1, 0.15) is 0 Å². The van der Waals surface area contributed by atoms with Crippen molar-refractivity contribution >= 4 is 31.3 Å². The van der Waals surface area contributed by atoms with Gasteiger partial charge >= 0.3 is 167 Å². The molecule has 1 aromatic heterocycles. The van der Waals surface area contributed by atoms with E-state index in [9.17, 15) is 4.79 Å². The van der Waals surface area contributed by atoms with E-state index in [0.29, 0.717) is 5.75 Å². The Bertz CT molecular complexity index is 942. The summed E-state index contributed by atoms with van der Waals surface area (Å²) < 4.78 is 9.07. The number of carbonyl (C=O) groups excluding carboxylic acids is 1. The van der Waals surface area contributed by atoms with E-state index >= 15 is 0 Å². The Balaban J connectivity index is 1.97. The molecule has 0 radical (unpaired) electrons. The first-order valence-electron chi connectivity index (χ1n) is 9.10. The minimum atomic E-state index is -3.79. The van der Waals surface area contributed by atoms with Gasteiger partial charge in [-0.1, -0.05) is 0 Å². The van der Waals surface area contributed by atoms with Gasteiger partial charge in [0.1, 0.15) is 0 Å². The van der Waals surface area contributed by atoms with Crippen molar-refractivity contribution in [2.45, 2.75) is 0 Å². The molecule has 0 bridgehead atoms. The fourth-order valence-corrected chi connectivity index (χ4v) is 12.0. The number of aromatic nitrogens is 1. The van der Waals surface area contributed by atoms with Crippen LogP contribution in [0.3, 0.4) is 0 Å². The topological polar surface area (TPSA) is 39.2 Å². The van der Waals surface area contributed by atoms with Gasteiger partial charge in [-0.2, -0.15) is 0 Å². The maximum absolute atomic E-state index is 13.9. The van der Waals surface area contributed by atoms with Crippen molar-refractivity contribution in [2.24, 2.45) is 0 Å². The number of carbonyl (C=O) groups is 1. The molecule has 0 unspecified atom stereocenters.